The number of carbonyl (C=O) groups excluding carboxylic acids is 1. The van der Waals surface area contributed by atoms with Crippen molar-refractivity contribution in [1.29, 1.82) is 0 Å². The summed E-state index contributed by atoms with van der Waals surface area (Å²) in [7, 11) is 1.82. The summed E-state index contributed by atoms with van der Waals surface area (Å²) in [5.41, 5.74) is 0.514. The number of amides is 1. The molecule has 0 radical (unpaired) electrons. The second-order valence-electron chi connectivity index (χ2n) is 5.12. The second-order valence-corrected chi connectivity index (χ2v) is 6.50. The third kappa shape index (κ3) is 4.74. The normalized spacial score (nSPS) is 10.5. The molecule has 0 fully saturated rings. The molecule has 1 heterocycles. The van der Waals surface area contributed by atoms with Crippen LogP contribution in [0.1, 0.15) is 0 Å². The van der Waals surface area contributed by atoms with E-state index in [-0.39, 0.29) is 11.7 Å². The Kier molecular flexibility index (Phi) is 5.57. The highest BCUT2D eigenvalue weighted by atomic mass is 35.5. The van der Waals surface area contributed by atoms with Crippen molar-refractivity contribution in [3.8, 4) is 11.5 Å². The molecule has 1 aromatic heterocycles. The number of nitrogens with zero attached hydrogens (tertiary/aromatic N) is 3. The molecular formula is C17H15ClN4O2S. The van der Waals surface area contributed by atoms with Gasteiger partial charge in [-0.25, -0.2) is 0 Å². The molecule has 0 spiro atoms. The van der Waals surface area contributed by atoms with Gasteiger partial charge in [0.2, 0.25) is 5.91 Å². The minimum Gasteiger partial charge on any atom is -0.455 e. The van der Waals surface area contributed by atoms with Crippen molar-refractivity contribution in [1.82, 2.24) is 14.8 Å². The number of rotatable bonds is 6. The number of halogens is 1. The fraction of sp³-hybridized carbons (Fsp3) is 0.118. The molecule has 6 nitrogen and oxygen atoms in total. The summed E-state index contributed by atoms with van der Waals surface area (Å²) < 4.78 is 7.58. The summed E-state index contributed by atoms with van der Waals surface area (Å²) in [6, 6.07) is 14.4. The molecule has 0 bridgehead atoms. The number of anilines is 1. The van der Waals surface area contributed by atoms with Crippen molar-refractivity contribution in [2.24, 2.45) is 7.05 Å². The largest absolute Gasteiger partial charge is 0.455 e. The zero-order valence-corrected chi connectivity index (χ0v) is 14.9. The Morgan fingerprint density at radius 1 is 1.28 bits per heavy atom. The zero-order valence-electron chi connectivity index (χ0n) is 13.3. The number of para-hydroxylation sites is 1. The Bertz CT molecular complexity index is 870. The highest BCUT2D eigenvalue weighted by Gasteiger charge is 2.12. The Labute approximate surface area is 154 Å². The third-order valence-electron chi connectivity index (χ3n) is 3.19. The van der Waals surface area contributed by atoms with E-state index >= 15 is 0 Å². The predicted octanol–water partition coefficient (Wildman–Crippen LogP) is 3.99. The summed E-state index contributed by atoms with van der Waals surface area (Å²) in [6.07, 6.45) is 1.59. The van der Waals surface area contributed by atoms with E-state index in [4.69, 9.17) is 16.3 Å². The second kappa shape index (κ2) is 8.04. The van der Waals surface area contributed by atoms with E-state index in [1.165, 1.54) is 11.8 Å². The van der Waals surface area contributed by atoms with E-state index in [1.54, 1.807) is 29.1 Å². The maximum atomic E-state index is 12.2. The lowest BCUT2D eigenvalue weighted by atomic mass is 10.3. The van der Waals surface area contributed by atoms with Crippen molar-refractivity contribution < 1.29 is 9.53 Å². The molecule has 2 aromatic carbocycles. The maximum absolute atomic E-state index is 12.2. The first-order chi connectivity index (χ1) is 12.1. The van der Waals surface area contributed by atoms with Gasteiger partial charge < -0.3 is 14.6 Å². The molecule has 128 valence electrons. The lowest BCUT2D eigenvalue weighted by Gasteiger charge is -2.12. The lowest BCUT2D eigenvalue weighted by molar-refractivity contribution is -0.113. The van der Waals surface area contributed by atoms with Crippen LogP contribution in [0.5, 0.6) is 11.5 Å². The van der Waals surface area contributed by atoms with Gasteiger partial charge in [-0.05, 0) is 30.3 Å². The van der Waals surface area contributed by atoms with Gasteiger partial charge in [0.05, 0.1) is 11.4 Å². The number of aromatic nitrogens is 3. The third-order valence-corrected chi connectivity index (χ3v) is 4.46. The smallest absolute Gasteiger partial charge is 0.234 e. The average Bonchev–Trinajstić information content (AvgIpc) is 3.01. The monoisotopic (exact) mass is 374 g/mol. The Hall–Kier alpha value is -2.51. The van der Waals surface area contributed by atoms with Crippen LogP contribution in [-0.2, 0) is 11.8 Å². The topological polar surface area (TPSA) is 69.0 Å². The molecule has 0 aliphatic rings. The number of thioether (sulfide) groups is 1. The highest BCUT2D eigenvalue weighted by molar-refractivity contribution is 7.99. The first-order valence-electron chi connectivity index (χ1n) is 7.41. The highest BCUT2D eigenvalue weighted by Crippen LogP contribution is 2.32. The van der Waals surface area contributed by atoms with Crippen LogP contribution in [0.15, 0.2) is 60.0 Å². The average molecular weight is 375 g/mol. The van der Waals surface area contributed by atoms with Gasteiger partial charge in [0.15, 0.2) is 10.9 Å². The van der Waals surface area contributed by atoms with E-state index in [0.717, 1.165) is 0 Å². The molecule has 0 unspecified atom stereocenters. The Morgan fingerprint density at radius 3 is 2.80 bits per heavy atom. The number of carbonyl (C=O) groups is 1. The van der Waals surface area contributed by atoms with Crippen molar-refractivity contribution in [2.75, 3.05) is 11.1 Å². The van der Waals surface area contributed by atoms with Gasteiger partial charge in [-0.15, -0.1) is 10.2 Å². The van der Waals surface area contributed by atoms with Crippen LogP contribution in [0.3, 0.4) is 0 Å². The summed E-state index contributed by atoms with van der Waals surface area (Å²) in [6.45, 7) is 0. The van der Waals surface area contributed by atoms with Crippen LogP contribution in [0, 0.1) is 0 Å². The summed E-state index contributed by atoms with van der Waals surface area (Å²) in [5.74, 6) is 1.21. The van der Waals surface area contributed by atoms with Crippen LogP contribution < -0.4 is 10.1 Å². The van der Waals surface area contributed by atoms with Crippen molar-refractivity contribution in [2.45, 2.75) is 5.16 Å². The van der Waals surface area contributed by atoms with E-state index in [2.05, 4.69) is 15.5 Å². The minimum absolute atomic E-state index is 0.187. The van der Waals surface area contributed by atoms with Crippen molar-refractivity contribution >= 4 is 35.0 Å². The molecule has 3 aromatic rings. The molecule has 0 atom stereocenters. The van der Waals surface area contributed by atoms with Gasteiger partial charge >= 0.3 is 0 Å². The number of benzene rings is 2. The number of ether oxygens (including phenoxy) is 1. The fourth-order valence-electron chi connectivity index (χ4n) is 2.02. The summed E-state index contributed by atoms with van der Waals surface area (Å²) >= 11 is 7.35. The van der Waals surface area contributed by atoms with Gasteiger partial charge in [-0.1, -0.05) is 41.6 Å². The van der Waals surface area contributed by atoms with E-state index in [9.17, 15) is 4.79 Å². The molecule has 0 aliphatic carbocycles. The standard InChI is InChI=1S/C17H15ClN4O2S/c1-22-11-19-21-17(22)25-10-16(23)20-14-9-12(18)7-8-15(14)24-13-5-3-2-4-6-13/h2-9,11H,10H2,1H3,(H,20,23). The number of hydrogen-bond donors (Lipinski definition) is 1. The predicted molar refractivity (Wildman–Crippen MR) is 98.3 cm³/mol. The van der Waals surface area contributed by atoms with Crippen LogP contribution in [0.4, 0.5) is 5.69 Å². The van der Waals surface area contributed by atoms with Crippen LogP contribution in [0.2, 0.25) is 5.02 Å². The zero-order chi connectivity index (χ0) is 17.6. The fourth-order valence-corrected chi connectivity index (χ4v) is 2.88. The lowest BCUT2D eigenvalue weighted by Crippen LogP contribution is -2.15. The van der Waals surface area contributed by atoms with E-state index < -0.39 is 0 Å². The first kappa shape index (κ1) is 17.3. The van der Waals surface area contributed by atoms with E-state index in [1.807, 2.05) is 37.4 Å². The van der Waals surface area contributed by atoms with Crippen LogP contribution in [-0.4, -0.2) is 26.4 Å². The molecule has 25 heavy (non-hydrogen) atoms. The number of nitrogens with one attached hydrogen (secondary N) is 1. The minimum atomic E-state index is -0.187. The molecule has 0 saturated carbocycles. The van der Waals surface area contributed by atoms with Gasteiger partial charge in [-0.3, -0.25) is 4.79 Å². The molecule has 1 N–H and O–H groups in total. The Morgan fingerprint density at radius 2 is 2.08 bits per heavy atom. The molecule has 1 amide bonds. The SMILES string of the molecule is Cn1cnnc1SCC(=O)Nc1cc(Cl)ccc1Oc1ccccc1. The van der Waals surface area contributed by atoms with Crippen LogP contribution >= 0.6 is 23.4 Å². The number of aryl methyl sites for hydroxylation is 1. The molecule has 0 saturated heterocycles. The van der Waals surface area contributed by atoms with Crippen molar-refractivity contribution in [3.05, 3.63) is 59.9 Å². The quantitative estimate of drug-likeness (QED) is 0.660. The summed E-state index contributed by atoms with van der Waals surface area (Å²) in [5, 5.41) is 11.7. The first-order valence-corrected chi connectivity index (χ1v) is 8.77. The van der Waals surface area contributed by atoms with Crippen LogP contribution in [0.25, 0.3) is 0 Å². The van der Waals surface area contributed by atoms with Gasteiger partial charge in [0.1, 0.15) is 12.1 Å². The summed E-state index contributed by atoms with van der Waals surface area (Å²) in [4.78, 5) is 12.2. The van der Waals surface area contributed by atoms with Gasteiger partial charge in [-0.2, -0.15) is 0 Å². The maximum Gasteiger partial charge on any atom is 0.234 e. The molecule has 0 aliphatic heterocycles. The molecule has 3 rings (SSSR count). The van der Waals surface area contributed by atoms with Gasteiger partial charge in [0, 0.05) is 12.1 Å². The number of hydrogen-bond acceptors (Lipinski definition) is 5. The van der Waals surface area contributed by atoms with Crippen molar-refractivity contribution in [3.63, 3.8) is 0 Å². The molecular weight excluding hydrogens is 360 g/mol. The van der Waals surface area contributed by atoms with Gasteiger partial charge in [0.25, 0.3) is 0 Å². The Balaban J connectivity index is 1.69. The molecule has 8 heteroatoms. The van der Waals surface area contributed by atoms with E-state index in [0.29, 0.717) is 27.4 Å².